The third kappa shape index (κ3) is 4.26. The summed E-state index contributed by atoms with van der Waals surface area (Å²) >= 11 is 0. The first kappa shape index (κ1) is 16.4. The van der Waals surface area contributed by atoms with Crippen molar-refractivity contribution in [3.8, 4) is 0 Å². The molecule has 0 radical (unpaired) electrons. The number of sulfonamides is 1. The van der Waals surface area contributed by atoms with Gasteiger partial charge in [-0.2, -0.15) is 4.31 Å². The van der Waals surface area contributed by atoms with Gasteiger partial charge in [0, 0.05) is 26.2 Å². The van der Waals surface area contributed by atoms with Crippen molar-refractivity contribution in [1.29, 1.82) is 0 Å². The lowest BCUT2D eigenvalue weighted by Gasteiger charge is -2.34. The van der Waals surface area contributed by atoms with Gasteiger partial charge in [0.1, 0.15) is 0 Å². The summed E-state index contributed by atoms with van der Waals surface area (Å²) in [6.07, 6.45) is 2.11. The summed E-state index contributed by atoms with van der Waals surface area (Å²) in [5.41, 5.74) is 6.46. The molecule has 0 amide bonds. The predicted octanol–water partition coefficient (Wildman–Crippen LogP) is 1.04. The number of nitrogens with two attached hydrogens (primary N) is 1. The Hall–Kier alpha value is -0.950. The van der Waals surface area contributed by atoms with Gasteiger partial charge in [-0.3, -0.25) is 0 Å². The van der Waals surface area contributed by atoms with E-state index in [0.29, 0.717) is 18.0 Å². The van der Waals surface area contributed by atoms with Gasteiger partial charge in [-0.05, 0) is 50.6 Å². The second-order valence-electron chi connectivity index (χ2n) is 5.56. The Morgan fingerprint density at radius 3 is 2.48 bits per heavy atom. The maximum absolute atomic E-state index is 12.6. The van der Waals surface area contributed by atoms with Gasteiger partial charge in [-0.15, -0.1) is 0 Å². The van der Waals surface area contributed by atoms with Crippen LogP contribution in [0.5, 0.6) is 0 Å². The van der Waals surface area contributed by atoms with Crippen LogP contribution in [0.1, 0.15) is 18.4 Å². The Bertz CT molecular complexity index is 552. The predicted molar refractivity (Wildman–Crippen MR) is 84.7 cm³/mol. The van der Waals surface area contributed by atoms with E-state index in [9.17, 15) is 8.42 Å². The van der Waals surface area contributed by atoms with Gasteiger partial charge in [0.15, 0.2) is 0 Å². The van der Waals surface area contributed by atoms with Crippen LogP contribution in [-0.2, 0) is 10.0 Å². The highest BCUT2D eigenvalue weighted by molar-refractivity contribution is 7.89. The molecule has 5 nitrogen and oxygen atoms in total. The molecule has 0 saturated carbocycles. The average Bonchev–Trinajstić information content (AvgIpc) is 2.48. The summed E-state index contributed by atoms with van der Waals surface area (Å²) in [7, 11) is -3.35. The first-order valence-corrected chi connectivity index (χ1v) is 8.97. The molecular weight excluding hydrogens is 286 g/mol. The van der Waals surface area contributed by atoms with Crippen LogP contribution in [0, 0.1) is 6.92 Å². The Labute approximate surface area is 127 Å². The monoisotopic (exact) mass is 311 g/mol. The number of unbranched alkanes of at least 4 members (excludes halogenated alkanes) is 1. The summed E-state index contributed by atoms with van der Waals surface area (Å²) in [6.45, 7) is 6.38. The maximum Gasteiger partial charge on any atom is 0.243 e. The van der Waals surface area contributed by atoms with Crippen LogP contribution in [0.2, 0.25) is 0 Å². The molecule has 1 aromatic carbocycles. The molecule has 118 valence electrons. The fraction of sp³-hybridized carbons (Fsp3) is 0.600. The van der Waals surface area contributed by atoms with Crippen molar-refractivity contribution in [2.24, 2.45) is 5.73 Å². The van der Waals surface area contributed by atoms with Crippen molar-refractivity contribution in [2.75, 3.05) is 39.3 Å². The molecule has 0 unspecified atom stereocenters. The topological polar surface area (TPSA) is 66.6 Å². The molecule has 1 aliphatic rings. The number of nitrogens with zero attached hydrogens (tertiary/aromatic N) is 2. The Kier molecular flexibility index (Phi) is 5.75. The molecule has 1 saturated heterocycles. The highest BCUT2D eigenvalue weighted by Crippen LogP contribution is 2.18. The lowest BCUT2D eigenvalue weighted by molar-refractivity contribution is 0.186. The van der Waals surface area contributed by atoms with E-state index >= 15 is 0 Å². The van der Waals surface area contributed by atoms with Crippen LogP contribution >= 0.6 is 0 Å². The molecule has 0 atom stereocenters. The third-order valence-corrected chi connectivity index (χ3v) is 5.78. The van der Waals surface area contributed by atoms with Crippen LogP contribution in [-0.4, -0.2) is 56.9 Å². The molecule has 1 fully saturated rings. The molecule has 0 bridgehead atoms. The Balaban J connectivity index is 1.95. The molecule has 0 aromatic heterocycles. The number of benzene rings is 1. The minimum absolute atomic E-state index is 0.402. The van der Waals surface area contributed by atoms with Gasteiger partial charge < -0.3 is 10.6 Å². The quantitative estimate of drug-likeness (QED) is 0.797. The number of hydrogen-bond acceptors (Lipinski definition) is 4. The summed E-state index contributed by atoms with van der Waals surface area (Å²) in [5.74, 6) is 0. The van der Waals surface area contributed by atoms with Gasteiger partial charge in [0.25, 0.3) is 0 Å². The molecule has 0 aliphatic carbocycles. The van der Waals surface area contributed by atoms with Crippen molar-refractivity contribution < 1.29 is 8.42 Å². The summed E-state index contributed by atoms with van der Waals surface area (Å²) in [6, 6.07) is 7.12. The fourth-order valence-corrected chi connectivity index (χ4v) is 4.13. The maximum atomic E-state index is 12.6. The standard InChI is InChI=1S/C15H25N3O2S/c1-14-5-4-6-15(13-14)21(19,20)18-11-9-17(10-12-18)8-3-2-7-16/h4-6,13H,2-3,7-12,16H2,1H3. The number of aryl methyl sites for hydroxylation is 1. The van der Waals surface area contributed by atoms with Crippen LogP contribution in [0.3, 0.4) is 0 Å². The van der Waals surface area contributed by atoms with Crippen LogP contribution in [0.4, 0.5) is 0 Å². The zero-order chi connectivity index (χ0) is 15.3. The molecule has 21 heavy (non-hydrogen) atoms. The largest absolute Gasteiger partial charge is 0.330 e. The Morgan fingerprint density at radius 2 is 1.86 bits per heavy atom. The van der Waals surface area contributed by atoms with E-state index in [1.54, 1.807) is 22.5 Å². The molecular formula is C15H25N3O2S. The van der Waals surface area contributed by atoms with E-state index in [1.807, 2.05) is 13.0 Å². The van der Waals surface area contributed by atoms with Gasteiger partial charge in [0.2, 0.25) is 10.0 Å². The van der Waals surface area contributed by atoms with E-state index in [2.05, 4.69) is 4.90 Å². The molecule has 1 aromatic rings. The summed E-state index contributed by atoms with van der Waals surface area (Å²) in [5, 5.41) is 0. The lowest BCUT2D eigenvalue weighted by Crippen LogP contribution is -2.48. The first-order chi connectivity index (χ1) is 10.0. The SMILES string of the molecule is Cc1cccc(S(=O)(=O)N2CCN(CCCCN)CC2)c1. The molecule has 2 N–H and O–H groups in total. The third-order valence-electron chi connectivity index (χ3n) is 3.89. The van der Waals surface area contributed by atoms with Gasteiger partial charge >= 0.3 is 0 Å². The zero-order valence-corrected chi connectivity index (χ0v) is 13.5. The van der Waals surface area contributed by atoms with Gasteiger partial charge in [-0.25, -0.2) is 8.42 Å². The minimum atomic E-state index is -3.35. The molecule has 0 spiro atoms. The van der Waals surface area contributed by atoms with Crippen LogP contribution < -0.4 is 5.73 Å². The first-order valence-electron chi connectivity index (χ1n) is 7.53. The average molecular weight is 311 g/mol. The highest BCUT2D eigenvalue weighted by atomic mass is 32.2. The zero-order valence-electron chi connectivity index (χ0n) is 12.7. The smallest absolute Gasteiger partial charge is 0.243 e. The molecule has 1 aliphatic heterocycles. The van der Waals surface area contributed by atoms with Crippen molar-refractivity contribution in [3.05, 3.63) is 29.8 Å². The summed E-state index contributed by atoms with van der Waals surface area (Å²) < 4.78 is 26.8. The number of piperazine rings is 1. The van der Waals surface area contributed by atoms with Crippen molar-refractivity contribution >= 4 is 10.0 Å². The van der Waals surface area contributed by atoms with E-state index in [4.69, 9.17) is 5.73 Å². The molecule has 1 heterocycles. The normalized spacial score (nSPS) is 18.0. The second-order valence-corrected chi connectivity index (χ2v) is 7.50. The van der Waals surface area contributed by atoms with E-state index in [-0.39, 0.29) is 0 Å². The Morgan fingerprint density at radius 1 is 1.14 bits per heavy atom. The number of hydrogen-bond donors (Lipinski definition) is 1. The molecule has 2 rings (SSSR count). The van der Waals surface area contributed by atoms with Gasteiger partial charge in [-0.1, -0.05) is 12.1 Å². The lowest BCUT2D eigenvalue weighted by atomic mass is 10.2. The van der Waals surface area contributed by atoms with Gasteiger partial charge in [0.05, 0.1) is 4.90 Å². The molecule has 6 heteroatoms. The van der Waals surface area contributed by atoms with E-state index in [0.717, 1.165) is 44.6 Å². The highest BCUT2D eigenvalue weighted by Gasteiger charge is 2.28. The number of rotatable bonds is 6. The van der Waals surface area contributed by atoms with E-state index < -0.39 is 10.0 Å². The second kappa shape index (κ2) is 7.35. The van der Waals surface area contributed by atoms with Crippen LogP contribution in [0.25, 0.3) is 0 Å². The van der Waals surface area contributed by atoms with Crippen molar-refractivity contribution in [2.45, 2.75) is 24.7 Å². The fourth-order valence-electron chi connectivity index (χ4n) is 2.60. The minimum Gasteiger partial charge on any atom is -0.330 e. The van der Waals surface area contributed by atoms with E-state index in [1.165, 1.54) is 0 Å². The van der Waals surface area contributed by atoms with Crippen LogP contribution in [0.15, 0.2) is 29.2 Å². The van der Waals surface area contributed by atoms with Crippen molar-refractivity contribution in [1.82, 2.24) is 9.21 Å². The summed E-state index contributed by atoms with van der Waals surface area (Å²) in [4.78, 5) is 2.72. The van der Waals surface area contributed by atoms with Crippen molar-refractivity contribution in [3.63, 3.8) is 0 Å².